The number of benzene rings is 1. The number of hydrogen-bond donors (Lipinski definition) is 1. The summed E-state index contributed by atoms with van der Waals surface area (Å²) in [6.45, 7) is 4.95. The molecule has 0 bridgehead atoms. The average molecular weight is 344 g/mol. The summed E-state index contributed by atoms with van der Waals surface area (Å²) >= 11 is 0. The molecule has 24 heavy (non-hydrogen) atoms. The number of hydrogen-bond acceptors (Lipinski definition) is 2. The van der Waals surface area contributed by atoms with Crippen molar-refractivity contribution in [3.63, 3.8) is 0 Å². The van der Waals surface area contributed by atoms with Crippen molar-refractivity contribution < 1.29 is 22.8 Å². The van der Waals surface area contributed by atoms with E-state index in [-0.39, 0.29) is 16.9 Å². The van der Waals surface area contributed by atoms with Crippen LogP contribution in [0.5, 0.6) is 0 Å². The van der Waals surface area contributed by atoms with Crippen LogP contribution < -0.4 is 5.32 Å². The number of carbonyl (C=O) groups excluding carboxylic acids is 2. The maximum atomic E-state index is 12.1. The molecular weight excluding hydrogens is 321 g/mol. The number of rotatable bonds is 5. The maximum Gasteiger partial charge on any atom is 0.405 e. The van der Waals surface area contributed by atoms with Gasteiger partial charge < -0.3 is 10.2 Å². The summed E-state index contributed by atoms with van der Waals surface area (Å²) in [5.74, 6) is -0.773. The van der Waals surface area contributed by atoms with Gasteiger partial charge >= 0.3 is 6.18 Å². The van der Waals surface area contributed by atoms with Crippen LogP contribution in [0.2, 0.25) is 0 Å². The lowest BCUT2D eigenvalue weighted by Crippen LogP contribution is -2.33. The fourth-order valence-corrected chi connectivity index (χ4v) is 1.99. The fourth-order valence-electron chi connectivity index (χ4n) is 1.99. The minimum Gasteiger partial charge on any atom is -0.343 e. The highest BCUT2D eigenvalue weighted by molar-refractivity contribution is 5.94. The minimum absolute atomic E-state index is 0.00879. The van der Waals surface area contributed by atoms with Crippen molar-refractivity contribution in [1.82, 2.24) is 10.2 Å². The molecule has 1 aromatic carbocycles. The Balaban J connectivity index is 2.61. The molecule has 0 heterocycles. The highest BCUT2D eigenvalue weighted by Crippen LogP contribution is 2.20. The van der Waals surface area contributed by atoms with Gasteiger partial charge in [-0.05, 0) is 23.1 Å². The van der Waals surface area contributed by atoms with Gasteiger partial charge in [0.25, 0.3) is 5.91 Å². The van der Waals surface area contributed by atoms with E-state index in [9.17, 15) is 22.8 Å². The fraction of sp³-hybridized carbons (Fsp3) is 0.529. The molecule has 1 rings (SSSR count). The van der Waals surface area contributed by atoms with Gasteiger partial charge in [0.15, 0.2) is 0 Å². The topological polar surface area (TPSA) is 49.4 Å². The van der Waals surface area contributed by atoms with E-state index in [4.69, 9.17) is 0 Å². The van der Waals surface area contributed by atoms with Gasteiger partial charge in [-0.15, -0.1) is 0 Å². The van der Waals surface area contributed by atoms with Gasteiger partial charge in [0.1, 0.15) is 6.54 Å². The number of amides is 2. The number of nitrogens with one attached hydrogen (secondary N) is 1. The van der Waals surface area contributed by atoms with Crippen LogP contribution in [0.4, 0.5) is 13.2 Å². The molecule has 0 aromatic heterocycles. The standard InChI is InChI=1S/C17H23F3N2O2/c1-16(2,3)9-14(23)22(4)10-12-5-7-13(8-6-12)15(24)21-11-17(18,19)20/h5-8H,9-11H2,1-4H3,(H,21,24). The lowest BCUT2D eigenvalue weighted by molar-refractivity contribution is -0.132. The molecule has 0 fully saturated rings. The zero-order valence-electron chi connectivity index (χ0n) is 14.3. The van der Waals surface area contributed by atoms with Crippen molar-refractivity contribution in [2.24, 2.45) is 5.41 Å². The van der Waals surface area contributed by atoms with Gasteiger partial charge in [-0.1, -0.05) is 32.9 Å². The third-order valence-electron chi connectivity index (χ3n) is 3.19. The van der Waals surface area contributed by atoms with Gasteiger partial charge in [0, 0.05) is 25.6 Å². The first-order chi connectivity index (χ1) is 10.9. The zero-order valence-corrected chi connectivity index (χ0v) is 14.3. The monoisotopic (exact) mass is 344 g/mol. The molecule has 0 aliphatic carbocycles. The van der Waals surface area contributed by atoms with Gasteiger partial charge in [0.2, 0.25) is 5.91 Å². The largest absolute Gasteiger partial charge is 0.405 e. The Morgan fingerprint density at radius 1 is 1.08 bits per heavy atom. The summed E-state index contributed by atoms with van der Waals surface area (Å²) < 4.78 is 36.2. The Bertz CT molecular complexity index is 575. The Hall–Kier alpha value is -2.05. The van der Waals surface area contributed by atoms with E-state index in [0.29, 0.717) is 13.0 Å². The first-order valence-electron chi connectivity index (χ1n) is 7.55. The normalized spacial score (nSPS) is 12.0. The molecule has 0 aliphatic heterocycles. The third-order valence-corrected chi connectivity index (χ3v) is 3.19. The summed E-state index contributed by atoms with van der Waals surface area (Å²) in [5, 5.41) is 1.81. The molecule has 7 heteroatoms. The first-order valence-corrected chi connectivity index (χ1v) is 7.55. The molecule has 0 atom stereocenters. The molecule has 0 spiro atoms. The number of carbonyl (C=O) groups is 2. The van der Waals surface area contributed by atoms with Crippen molar-refractivity contribution in [2.45, 2.75) is 39.9 Å². The quantitative estimate of drug-likeness (QED) is 0.890. The van der Waals surface area contributed by atoms with Crippen LogP contribution in [0, 0.1) is 5.41 Å². The lowest BCUT2D eigenvalue weighted by atomic mass is 9.91. The molecule has 0 aliphatic rings. The minimum atomic E-state index is -4.44. The van der Waals surface area contributed by atoms with Crippen molar-refractivity contribution in [3.05, 3.63) is 35.4 Å². The molecule has 4 nitrogen and oxygen atoms in total. The maximum absolute atomic E-state index is 12.1. The highest BCUT2D eigenvalue weighted by atomic mass is 19.4. The Labute approximate surface area is 140 Å². The number of alkyl halides is 3. The second-order valence-electron chi connectivity index (χ2n) is 6.98. The van der Waals surface area contributed by atoms with Crippen LogP contribution in [-0.4, -0.2) is 36.5 Å². The highest BCUT2D eigenvalue weighted by Gasteiger charge is 2.27. The second kappa shape index (κ2) is 7.68. The van der Waals surface area contributed by atoms with Crippen LogP contribution in [0.1, 0.15) is 43.1 Å². The molecule has 134 valence electrons. The molecule has 0 radical (unpaired) electrons. The van der Waals surface area contributed by atoms with E-state index in [1.165, 1.54) is 12.1 Å². The molecular formula is C17H23F3N2O2. The van der Waals surface area contributed by atoms with Crippen LogP contribution in [0.25, 0.3) is 0 Å². The summed E-state index contributed by atoms with van der Waals surface area (Å²) in [5.41, 5.74) is 0.838. The van der Waals surface area contributed by atoms with Gasteiger partial charge in [-0.3, -0.25) is 9.59 Å². The lowest BCUT2D eigenvalue weighted by Gasteiger charge is -2.23. The molecule has 0 saturated carbocycles. The summed E-state index contributed by atoms with van der Waals surface area (Å²) in [6.07, 6.45) is -4.02. The Morgan fingerprint density at radius 2 is 1.62 bits per heavy atom. The molecule has 0 saturated heterocycles. The first kappa shape index (κ1) is 20.0. The van der Waals surface area contributed by atoms with Crippen LogP contribution in [-0.2, 0) is 11.3 Å². The average Bonchev–Trinajstić information content (AvgIpc) is 2.43. The van der Waals surface area contributed by atoms with Crippen LogP contribution in [0.3, 0.4) is 0 Å². The predicted octanol–water partition coefficient (Wildman–Crippen LogP) is 3.37. The van der Waals surface area contributed by atoms with Crippen molar-refractivity contribution >= 4 is 11.8 Å². The van der Waals surface area contributed by atoms with Crippen LogP contribution in [0.15, 0.2) is 24.3 Å². The summed E-state index contributed by atoms with van der Waals surface area (Å²) in [4.78, 5) is 25.3. The zero-order chi connectivity index (χ0) is 18.5. The third kappa shape index (κ3) is 7.48. The second-order valence-corrected chi connectivity index (χ2v) is 6.98. The van der Waals surface area contributed by atoms with Gasteiger partial charge in [-0.25, -0.2) is 0 Å². The molecule has 1 aromatic rings. The number of halogens is 3. The van der Waals surface area contributed by atoms with Crippen molar-refractivity contribution in [2.75, 3.05) is 13.6 Å². The van der Waals surface area contributed by atoms with Crippen LogP contribution >= 0.6 is 0 Å². The van der Waals surface area contributed by atoms with Crippen molar-refractivity contribution in [1.29, 1.82) is 0 Å². The van der Waals surface area contributed by atoms with E-state index in [1.54, 1.807) is 24.1 Å². The summed E-state index contributed by atoms with van der Waals surface area (Å²) in [6, 6.07) is 6.15. The Kier molecular flexibility index (Phi) is 6.40. The van der Waals surface area contributed by atoms with E-state index >= 15 is 0 Å². The molecule has 0 unspecified atom stereocenters. The van der Waals surface area contributed by atoms with E-state index in [1.807, 2.05) is 26.1 Å². The van der Waals surface area contributed by atoms with Gasteiger partial charge in [0.05, 0.1) is 0 Å². The SMILES string of the molecule is CN(Cc1ccc(C(=O)NCC(F)(F)F)cc1)C(=O)CC(C)(C)C. The number of nitrogens with zero attached hydrogens (tertiary/aromatic N) is 1. The van der Waals surface area contributed by atoms with Gasteiger partial charge in [-0.2, -0.15) is 13.2 Å². The van der Waals surface area contributed by atoms with E-state index in [2.05, 4.69) is 0 Å². The van der Waals surface area contributed by atoms with E-state index < -0.39 is 18.6 Å². The summed E-state index contributed by atoms with van der Waals surface area (Å²) in [7, 11) is 1.69. The predicted molar refractivity (Wildman–Crippen MR) is 85.4 cm³/mol. The van der Waals surface area contributed by atoms with E-state index in [0.717, 1.165) is 5.56 Å². The molecule has 1 N–H and O–H groups in total. The molecule has 2 amide bonds. The Morgan fingerprint density at radius 3 is 2.08 bits per heavy atom. The van der Waals surface area contributed by atoms with Crippen molar-refractivity contribution in [3.8, 4) is 0 Å². The smallest absolute Gasteiger partial charge is 0.343 e.